The maximum absolute atomic E-state index is 11.2. The normalized spacial score (nSPS) is 17.6. The van der Waals surface area contributed by atoms with Gasteiger partial charge in [0.15, 0.2) is 0 Å². The number of aliphatic hydroxyl groups is 1. The molecule has 1 amide bonds. The number of nitrogens with one attached hydrogen (secondary N) is 1. The van der Waals surface area contributed by atoms with Crippen molar-refractivity contribution in [1.82, 2.24) is 10.2 Å². The lowest BCUT2D eigenvalue weighted by Crippen LogP contribution is -2.50. The molecule has 110 valence electrons. The maximum atomic E-state index is 11.2. The molecule has 2 N–H and O–H groups in total. The number of amides is 1. The van der Waals surface area contributed by atoms with E-state index in [4.69, 9.17) is 4.74 Å². The van der Waals surface area contributed by atoms with Gasteiger partial charge in [-0.05, 0) is 37.1 Å². The largest absolute Gasteiger partial charge is 0.491 e. The van der Waals surface area contributed by atoms with Gasteiger partial charge in [-0.1, -0.05) is 6.07 Å². The maximum Gasteiger partial charge on any atom is 0.234 e. The molecule has 1 aliphatic rings. The molecule has 0 aliphatic carbocycles. The van der Waals surface area contributed by atoms with Gasteiger partial charge in [0, 0.05) is 19.6 Å². The molecule has 5 heteroatoms. The summed E-state index contributed by atoms with van der Waals surface area (Å²) >= 11 is 0. The van der Waals surface area contributed by atoms with Gasteiger partial charge in [-0.25, -0.2) is 0 Å². The lowest BCUT2D eigenvalue weighted by atomic mass is 10.1. The second-order valence-electron chi connectivity index (χ2n) is 5.37. The number of carbonyl (C=O) groups excluding carboxylic acids is 1. The van der Waals surface area contributed by atoms with Crippen molar-refractivity contribution in [3.05, 3.63) is 29.3 Å². The summed E-state index contributed by atoms with van der Waals surface area (Å²) in [6.07, 6.45) is -0.596. The molecule has 0 unspecified atom stereocenters. The van der Waals surface area contributed by atoms with E-state index >= 15 is 0 Å². The first-order chi connectivity index (χ1) is 9.52. The van der Waals surface area contributed by atoms with Gasteiger partial charge >= 0.3 is 0 Å². The minimum Gasteiger partial charge on any atom is -0.491 e. The number of β-amino-alcohol motifs (C(OH)–C–C–N with tert-alkyl or cyclic N) is 1. The fourth-order valence-corrected chi connectivity index (χ4v) is 2.41. The number of hydrogen-bond acceptors (Lipinski definition) is 4. The minimum atomic E-state index is -0.596. The van der Waals surface area contributed by atoms with Gasteiger partial charge in [-0.3, -0.25) is 9.69 Å². The number of ether oxygens (including phenoxy) is 1. The molecule has 0 saturated carbocycles. The molecule has 5 nitrogen and oxygen atoms in total. The fraction of sp³-hybridized carbons (Fsp3) is 0.533. The topological polar surface area (TPSA) is 61.8 Å². The van der Waals surface area contributed by atoms with Gasteiger partial charge in [-0.15, -0.1) is 0 Å². The van der Waals surface area contributed by atoms with Gasteiger partial charge < -0.3 is 15.2 Å². The Hall–Kier alpha value is -1.59. The van der Waals surface area contributed by atoms with Crippen molar-refractivity contribution in [2.45, 2.75) is 20.0 Å². The Balaban J connectivity index is 1.79. The SMILES string of the molecule is Cc1cc(C)cc(OC[C@@H](O)CN2CCNC(=O)C2)c1. The van der Waals surface area contributed by atoms with Crippen molar-refractivity contribution < 1.29 is 14.6 Å². The van der Waals surface area contributed by atoms with Crippen LogP contribution in [0.2, 0.25) is 0 Å². The summed E-state index contributed by atoms with van der Waals surface area (Å²) in [5.41, 5.74) is 2.28. The molecule has 0 spiro atoms. The third-order valence-electron chi connectivity index (χ3n) is 3.22. The standard InChI is InChI=1S/C15H22N2O3/c1-11-5-12(2)7-14(6-11)20-10-13(18)8-17-4-3-16-15(19)9-17/h5-7,13,18H,3-4,8-10H2,1-2H3,(H,16,19)/t13-/m0/s1. The number of benzene rings is 1. The Kier molecular flexibility index (Phi) is 4.98. The van der Waals surface area contributed by atoms with Gasteiger partial charge in [0.25, 0.3) is 0 Å². The van der Waals surface area contributed by atoms with E-state index in [1.54, 1.807) is 0 Å². The van der Waals surface area contributed by atoms with E-state index in [9.17, 15) is 9.90 Å². The molecule has 2 rings (SSSR count). The van der Waals surface area contributed by atoms with E-state index in [1.165, 1.54) is 0 Å². The van der Waals surface area contributed by atoms with Gasteiger partial charge in [0.05, 0.1) is 6.54 Å². The molecule has 1 aliphatic heterocycles. The molecule has 0 bridgehead atoms. The zero-order valence-corrected chi connectivity index (χ0v) is 12.1. The molecule has 1 heterocycles. The lowest BCUT2D eigenvalue weighted by Gasteiger charge is -2.28. The highest BCUT2D eigenvalue weighted by Gasteiger charge is 2.19. The number of hydrogen-bond donors (Lipinski definition) is 2. The summed E-state index contributed by atoms with van der Waals surface area (Å²) in [6, 6.07) is 5.98. The van der Waals surface area contributed by atoms with Crippen LogP contribution >= 0.6 is 0 Å². The third kappa shape index (κ3) is 4.51. The Morgan fingerprint density at radius 3 is 2.70 bits per heavy atom. The average molecular weight is 278 g/mol. The van der Waals surface area contributed by atoms with Gasteiger partial charge in [0.2, 0.25) is 5.91 Å². The van der Waals surface area contributed by atoms with Crippen molar-refractivity contribution in [2.24, 2.45) is 0 Å². The molecular weight excluding hydrogens is 256 g/mol. The summed E-state index contributed by atoms with van der Waals surface area (Å²) in [5.74, 6) is 0.789. The zero-order chi connectivity index (χ0) is 14.5. The number of rotatable bonds is 5. The Morgan fingerprint density at radius 2 is 2.05 bits per heavy atom. The molecule has 1 aromatic rings. The number of aliphatic hydroxyl groups excluding tert-OH is 1. The van der Waals surface area contributed by atoms with Gasteiger partial charge in [-0.2, -0.15) is 0 Å². The van der Waals surface area contributed by atoms with Crippen LogP contribution in [0, 0.1) is 13.8 Å². The molecule has 0 radical (unpaired) electrons. The number of piperazine rings is 1. The van der Waals surface area contributed by atoms with E-state index in [1.807, 2.05) is 30.9 Å². The van der Waals surface area contributed by atoms with Crippen molar-refractivity contribution in [1.29, 1.82) is 0 Å². The summed E-state index contributed by atoms with van der Waals surface area (Å²) in [6.45, 7) is 6.49. The smallest absolute Gasteiger partial charge is 0.234 e. The molecule has 1 fully saturated rings. The van der Waals surface area contributed by atoms with E-state index in [0.717, 1.165) is 23.4 Å². The zero-order valence-electron chi connectivity index (χ0n) is 12.1. The first kappa shape index (κ1) is 14.8. The predicted octanol–water partition coefficient (Wildman–Crippen LogP) is 0.475. The molecule has 1 atom stereocenters. The summed E-state index contributed by atoms with van der Waals surface area (Å²) in [5, 5.41) is 12.8. The summed E-state index contributed by atoms with van der Waals surface area (Å²) in [4.78, 5) is 13.2. The molecule has 1 aromatic carbocycles. The first-order valence-electron chi connectivity index (χ1n) is 6.91. The van der Waals surface area contributed by atoms with Crippen LogP contribution in [0.5, 0.6) is 5.75 Å². The van der Waals surface area contributed by atoms with Crippen molar-refractivity contribution in [3.63, 3.8) is 0 Å². The van der Waals surface area contributed by atoms with E-state index in [-0.39, 0.29) is 12.5 Å². The highest BCUT2D eigenvalue weighted by atomic mass is 16.5. The number of carbonyl (C=O) groups is 1. The highest BCUT2D eigenvalue weighted by Crippen LogP contribution is 2.16. The van der Waals surface area contributed by atoms with E-state index in [0.29, 0.717) is 19.6 Å². The monoisotopic (exact) mass is 278 g/mol. The van der Waals surface area contributed by atoms with Crippen molar-refractivity contribution in [2.75, 3.05) is 32.8 Å². The van der Waals surface area contributed by atoms with Crippen LogP contribution in [0.15, 0.2) is 18.2 Å². The quantitative estimate of drug-likeness (QED) is 0.822. The van der Waals surface area contributed by atoms with Crippen LogP contribution in [-0.4, -0.2) is 54.8 Å². The Morgan fingerprint density at radius 1 is 1.35 bits per heavy atom. The number of aryl methyl sites for hydroxylation is 2. The van der Waals surface area contributed by atoms with Crippen LogP contribution in [-0.2, 0) is 4.79 Å². The predicted molar refractivity (Wildman–Crippen MR) is 76.9 cm³/mol. The minimum absolute atomic E-state index is 0.0127. The second kappa shape index (κ2) is 6.72. The molecule has 20 heavy (non-hydrogen) atoms. The van der Waals surface area contributed by atoms with E-state index in [2.05, 4.69) is 11.4 Å². The highest BCUT2D eigenvalue weighted by molar-refractivity contribution is 5.78. The average Bonchev–Trinajstić information content (AvgIpc) is 2.35. The third-order valence-corrected chi connectivity index (χ3v) is 3.22. The van der Waals surface area contributed by atoms with Crippen LogP contribution in [0.4, 0.5) is 0 Å². The van der Waals surface area contributed by atoms with Crippen molar-refractivity contribution in [3.8, 4) is 5.75 Å². The molecular formula is C15H22N2O3. The van der Waals surface area contributed by atoms with Crippen LogP contribution in [0.25, 0.3) is 0 Å². The van der Waals surface area contributed by atoms with E-state index < -0.39 is 6.10 Å². The molecule has 0 aromatic heterocycles. The van der Waals surface area contributed by atoms with Crippen LogP contribution in [0.3, 0.4) is 0 Å². The summed E-state index contributed by atoms with van der Waals surface area (Å²) < 4.78 is 5.62. The van der Waals surface area contributed by atoms with Crippen LogP contribution in [0.1, 0.15) is 11.1 Å². The molecule has 1 saturated heterocycles. The Labute approximate surface area is 119 Å². The van der Waals surface area contributed by atoms with Gasteiger partial charge in [0.1, 0.15) is 18.5 Å². The lowest BCUT2D eigenvalue weighted by molar-refractivity contribution is -0.124. The summed E-state index contributed by atoms with van der Waals surface area (Å²) in [7, 11) is 0. The number of nitrogens with zero attached hydrogens (tertiary/aromatic N) is 1. The second-order valence-corrected chi connectivity index (χ2v) is 5.37. The van der Waals surface area contributed by atoms with Crippen LogP contribution < -0.4 is 10.1 Å². The fourth-order valence-electron chi connectivity index (χ4n) is 2.41. The first-order valence-corrected chi connectivity index (χ1v) is 6.91. The van der Waals surface area contributed by atoms with Crippen molar-refractivity contribution >= 4 is 5.91 Å². The Bertz CT molecular complexity index is 456.